The van der Waals surface area contributed by atoms with Crippen molar-refractivity contribution in [1.29, 1.82) is 0 Å². The first-order valence-corrected chi connectivity index (χ1v) is 5.14. The zero-order chi connectivity index (χ0) is 13.7. The predicted octanol–water partition coefficient (Wildman–Crippen LogP) is -0.123. The molecule has 0 aromatic rings. The van der Waals surface area contributed by atoms with Crippen LogP contribution in [0.15, 0.2) is 5.11 Å². The van der Waals surface area contributed by atoms with E-state index in [1.807, 2.05) is 0 Å². The molecule has 0 spiro atoms. The predicted molar refractivity (Wildman–Crippen MR) is 56.0 cm³/mol. The fraction of sp³-hybridized carbons (Fsp3) is 0.778. The lowest BCUT2D eigenvalue weighted by Gasteiger charge is -2.36. The van der Waals surface area contributed by atoms with E-state index in [2.05, 4.69) is 10.0 Å². The molecule has 0 aromatic carbocycles. The van der Waals surface area contributed by atoms with Crippen molar-refractivity contribution in [2.75, 3.05) is 6.61 Å². The van der Waals surface area contributed by atoms with Gasteiger partial charge in [0.1, 0.15) is 6.04 Å². The van der Waals surface area contributed by atoms with E-state index in [0.29, 0.717) is 0 Å². The highest BCUT2D eigenvalue weighted by atomic mass is 16.6. The molecule has 9 heteroatoms. The maximum atomic E-state index is 11.0. The Bertz CT molecular complexity index is 380. The molecule has 18 heavy (non-hydrogen) atoms. The molecule has 1 fully saturated rings. The molecule has 1 aliphatic rings. The van der Waals surface area contributed by atoms with Gasteiger partial charge in [-0.15, -0.1) is 0 Å². The van der Waals surface area contributed by atoms with Gasteiger partial charge in [-0.2, -0.15) is 0 Å². The number of aliphatic hydroxyl groups excluding tert-OH is 1. The molecule has 1 saturated heterocycles. The van der Waals surface area contributed by atoms with Gasteiger partial charge in [0.15, 0.2) is 18.5 Å². The van der Waals surface area contributed by atoms with Crippen molar-refractivity contribution in [3.8, 4) is 0 Å². The summed E-state index contributed by atoms with van der Waals surface area (Å²) in [6, 6.07) is -1.17. The molecule has 0 saturated carbocycles. The quantitative estimate of drug-likeness (QED) is 0.325. The van der Waals surface area contributed by atoms with Crippen LogP contribution >= 0.6 is 0 Å². The first-order valence-electron chi connectivity index (χ1n) is 5.14. The second-order valence-corrected chi connectivity index (χ2v) is 3.64. The van der Waals surface area contributed by atoms with E-state index < -0.39 is 36.5 Å². The van der Waals surface area contributed by atoms with Gasteiger partial charge in [0, 0.05) is 18.8 Å². The largest absolute Gasteiger partial charge is 0.458 e. The minimum absolute atomic E-state index is 0.157. The van der Waals surface area contributed by atoms with Crippen LogP contribution < -0.4 is 0 Å². The summed E-state index contributed by atoms with van der Waals surface area (Å²) in [4.78, 5) is 24.4. The summed E-state index contributed by atoms with van der Waals surface area (Å²) in [5.41, 5.74) is 8.40. The highest BCUT2D eigenvalue weighted by Gasteiger charge is 2.43. The van der Waals surface area contributed by atoms with Crippen LogP contribution in [0.4, 0.5) is 0 Å². The number of aliphatic hydroxyl groups is 1. The maximum Gasteiger partial charge on any atom is 0.303 e. The van der Waals surface area contributed by atoms with Crippen molar-refractivity contribution in [2.24, 2.45) is 5.11 Å². The summed E-state index contributed by atoms with van der Waals surface area (Å²) < 4.78 is 14.7. The van der Waals surface area contributed by atoms with E-state index in [0.717, 1.165) is 6.92 Å². The Morgan fingerprint density at radius 3 is 2.50 bits per heavy atom. The van der Waals surface area contributed by atoms with Crippen LogP contribution in [0, 0.1) is 0 Å². The lowest BCUT2D eigenvalue weighted by molar-refractivity contribution is -0.224. The number of esters is 2. The van der Waals surface area contributed by atoms with Gasteiger partial charge >= 0.3 is 11.9 Å². The number of nitrogens with zero attached hydrogens (tertiary/aromatic N) is 3. The van der Waals surface area contributed by atoms with E-state index in [4.69, 9.17) is 19.7 Å². The van der Waals surface area contributed by atoms with Gasteiger partial charge in [0.05, 0.1) is 6.61 Å². The molecule has 9 nitrogen and oxygen atoms in total. The highest BCUT2D eigenvalue weighted by Crippen LogP contribution is 2.22. The normalized spacial score (nSPS) is 31.1. The lowest BCUT2D eigenvalue weighted by Crippen LogP contribution is -2.55. The van der Waals surface area contributed by atoms with E-state index in [1.54, 1.807) is 0 Å². The Balaban J connectivity index is 2.92. The van der Waals surface area contributed by atoms with Crippen LogP contribution in [0.2, 0.25) is 0 Å². The molecule has 1 rings (SSSR count). The molecule has 100 valence electrons. The van der Waals surface area contributed by atoms with Crippen molar-refractivity contribution in [3.05, 3.63) is 10.4 Å². The lowest BCUT2D eigenvalue weighted by atomic mass is 10.0. The van der Waals surface area contributed by atoms with Crippen LogP contribution in [0.5, 0.6) is 0 Å². The van der Waals surface area contributed by atoms with Gasteiger partial charge < -0.3 is 19.3 Å². The van der Waals surface area contributed by atoms with E-state index in [1.165, 1.54) is 6.92 Å². The van der Waals surface area contributed by atoms with Crippen LogP contribution in [0.1, 0.15) is 13.8 Å². The molecule has 0 radical (unpaired) electrons. The summed E-state index contributed by atoms with van der Waals surface area (Å²) in [6.07, 6.45) is -3.42. The van der Waals surface area contributed by atoms with Crippen molar-refractivity contribution >= 4 is 11.9 Å². The Labute approximate surface area is 102 Å². The third-order valence-electron chi connectivity index (χ3n) is 2.23. The van der Waals surface area contributed by atoms with Crippen molar-refractivity contribution in [1.82, 2.24) is 0 Å². The van der Waals surface area contributed by atoms with Crippen LogP contribution in [0.3, 0.4) is 0 Å². The van der Waals surface area contributed by atoms with Crippen molar-refractivity contribution in [3.63, 3.8) is 0 Å². The Morgan fingerprint density at radius 1 is 1.39 bits per heavy atom. The van der Waals surface area contributed by atoms with Crippen LogP contribution in [-0.2, 0) is 23.8 Å². The topological polar surface area (TPSA) is 131 Å². The molecule has 0 bridgehead atoms. The fourth-order valence-corrected chi connectivity index (χ4v) is 1.60. The van der Waals surface area contributed by atoms with E-state index >= 15 is 0 Å². The minimum atomic E-state index is -1.42. The Kier molecular flexibility index (Phi) is 4.90. The molecule has 4 unspecified atom stereocenters. The zero-order valence-electron chi connectivity index (χ0n) is 9.85. The smallest absolute Gasteiger partial charge is 0.303 e. The number of carbonyl (C=O) groups excluding carboxylic acids is 2. The Hall–Kier alpha value is -1.83. The number of ether oxygens (including phenoxy) is 3. The number of rotatable bonds is 3. The zero-order valence-corrected chi connectivity index (χ0v) is 9.85. The molecular weight excluding hydrogens is 246 g/mol. The van der Waals surface area contributed by atoms with E-state index in [-0.39, 0.29) is 6.61 Å². The summed E-state index contributed by atoms with van der Waals surface area (Å²) in [6.45, 7) is 2.17. The molecule has 4 atom stereocenters. The van der Waals surface area contributed by atoms with Crippen molar-refractivity contribution in [2.45, 2.75) is 38.4 Å². The number of carbonyl (C=O) groups is 2. The molecule has 0 amide bonds. The summed E-state index contributed by atoms with van der Waals surface area (Å²) in [5.74, 6) is -1.25. The standard InChI is InChI=1S/C9H13N3O6/c1-4(13)17-6-3-16-9(15)7(11-12-10)8(6)18-5(2)14/h6-9,15H,3H2,1-2H3. The first-order chi connectivity index (χ1) is 8.45. The average Bonchev–Trinajstić information content (AvgIpc) is 2.26. The summed E-state index contributed by atoms with van der Waals surface area (Å²) >= 11 is 0. The van der Waals surface area contributed by atoms with Gasteiger partial charge in [-0.3, -0.25) is 9.59 Å². The number of hydrogen-bond donors (Lipinski definition) is 1. The molecular formula is C9H13N3O6. The third-order valence-corrected chi connectivity index (χ3v) is 2.23. The van der Waals surface area contributed by atoms with Crippen molar-refractivity contribution < 1.29 is 28.9 Å². The number of hydrogen-bond acceptors (Lipinski definition) is 7. The van der Waals surface area contributed by atoms with Crippen LogP contribution in [-0.4, -0.2) is 48.2 Å². The van der Waals surface area contributed by atoms with E-state index in [9.17, 15) is 14.7 Å². The SMILES string of the molecule is CC(=O)OC1COC(O)C(N=[N+]=[N-])C1OC(C)=O. The van der Waals surface area contributed by atoms with Crippen LogP contribution in [0.25, 0.3) is 10.4 Å². The molecule has 1 aliphatic heterocycles. The van der Waals surface area contributed by atoms with Gasteiger partial charge in [-0.05, 0) is 5.53 Å². The highest BCUT2D eigenvalue weighted by molar-refractivity contribution is 5.67. The molecule has 1 N–H and O–H groups in total. The maximum absolute atomic E-state index is 11.0. The second kappa shape index (κ2) is 6.20. The number of azide groups is 1. The molecule has 0 aliphatic carbocycles. The summed E-state index contributed by atoms with van der Waals surface area (Å²) in [5, 5.41) is 12.8. The second-order valence-electron chi connectivity index (χ2n) is 3.64. The monoisotopic (exact) mass is 259 g/mol. The van der Waals surface area contributed by atoms with Gasteiger partial charge in [-0.25, -0.2) is 0 Å². The molecule has 0 aromatic heterocycles. The minimum Gasteiger partial charge on any atom is -0.458 e. The van der Waals surface area contributed by atoms with Gasteiger partial charge in [0.25, 0.3) is 0 Å². The third kappa shape index (κ3) is 3.59. The van der Waals surface area contributed by atoms with Gasteiger partial charge in [0.2, 0.25) is 0 Å². The van der Waals surface area contributed by atoms with Gasteiger partial charge in [-0.1, -0.05) is 5.11 Å². The fourth-order valence-electron chi connectivity index (χ4n) is 1.60. The average molecular weight is 259 g/mol. The molecule has 1 heterocycles. The first kappa shape index (κ1) is 14.2. The Morgan fingerprint density at radius 2 is 2.00 bits per heavy atom. The summed E-state index contributed by atoms with van der Waals surface area (Å²) in [7, 11) is 0.